The van der Waals surface area contributed by atoms with Crippen LogP contribution in [0.3, 0.4) is 0 Å². The number of rotatable bonds is 9. The highest BCUT2D eigenvalue weighted by Crippen LogP contribution is 2.36. The van der Waals surface area contributed by atoms with Crippen molar-refractivity contribution in [2.24, 2.45) is 4.99 Å². The van der Waals surface area contributed by atoms with Crippen LogP contribution < -0.4 is 24.4 Å². The molecule has 38 heavy (non-hydrogen) atoms. The van der Waals surface area contributed by atoms with Gasteiger partial charge >= 0.3 is 12.6 Å². The maximum atomic E-state index is 13.8. The molecule has 1 aliphatic heterocycles. The lowest BCUT2D eigenvalue weighted by molar-refractivity contribution is -0.139. The van der Waals surface area contributed by atoms with Gasteiger partial charge in [0.2, 0.25) is 0 Å². The molecule has 1 aromatic heterocycles. The van der Waals surface area contributed by atoms with Gasteiger partial charge in [-0.1, -0.05) is 48.9 Å². The average molecular weight is 607 g/mol. The second-order valence-corrected chi connectivity index (χ2v) is 10.1. The number of allylic oxidation sites excluding steroid dienone is 1. The molecule has 2 aromatic carbocycles. The van der Waals surface area contributed by atoms with Crippen LogP contribution in [0.25, 0.3) is 6.08 Å². The van der Waals surface area contributed by atoms with Gasteiger partial charge in [0.25, 0.3) is 5.56 Å². The monoisotopic (exact) mass is 606 g/mol. The van der Waals surface area contributed by atoms with Crippen LogP contribution in [-0.4, -0.2) is 30.9 Å². The number of esters is 1. The van der Waals surface area contributed by atoms with E-state index in [1.807, 2.05) is 6.92 Å². The lowest BCUT2D eigenvalue weighted by atomic mass is 9.94. The summed E-state index contributed by atoms with van der Waals surface area (Å²) in [7, 11) is 1.54. The van der Waals surface area contributed by atoms with E-state index in [0.717, 1.165) is 11.3 Å². The van der Waals surface area contributed by atoms with Crippen LogP contribution in [0.1, 0.15) is 43.9 Å². The maximum absolute atomic E-state index is 13.8. The van der Waals surface area contributed by atoms with Gasteiger partial charge < -0.3 is 14.2 Å². The molecule has 0 N–H and O–H groups in total. The number of halogens is 3. The van der Waals surface area contributed by atoms with Crippen molar-refractivity contribution in [2.45, 2.75) is 39.3 Å². The molecule has 7 nitrogen and oxygen atoms in total. The van der Waals surface area contributed by atoms with E-state index in [0.29, 0.717) is 44.7 Å². The van der Waals surface area contributed by atoms with Crippen LogP contribution in [0.5, 0.6) is 11.5 Å². The van der Waals surface area contributed by atoms with E-state index in [9.17, 15) is 18.4 Å². The van der Waals surface area contributed by atoms with E-state index in [1.54, 1.807) is 50.4 Å². The normalized spacial score (nSPS) is 15.3. The highest BCUT2D eigenvalue weighted by atomic mass is 79.9. The summed E-state index contributed by atoms with van der Waals surface area (Å²) >= 11 is 4.61. The molecule has 3 aromatic rings. The number of hydrogen-bond acceptors (Lipinski definition) is 7. The molecule has 0 spiro atoms. The molecular formula is C27H25BrF2N2O5S. The number of para-hydroxylation sites is 1. The highest BCUT2D eigenvalue weighted by molar-refractivity contribution is 9.10. The van der Waals surface area contributed by atoms with Crippen molar-refractivity contribution in [1.29, 1.82) is 0 Å². The van der Waals surface area contributed by atoms with Gasteiger partial charge in [-0.15, -0.1) is 0 Å². The smallest absolute Gasteiger partial charge is 0.387 e. The Bertz CT molecular complexity index is 1560. The van der Waals surface area contributed by atoms with Gasteiger partial charge in [0.15, 0.2) is 4.80 Å². The molecule has 2 heterocycles. The van der Waals surface area contributed by atoms with E-state index in [2.05, 4.69) is 20.7 Å². The van der Waals surface area contributed by atoms with Gasteiger partial charge in [-0.2, -0.15) is 8.78 Å². The summed E-state index contributed by atoms with van der Waals surface area (Å²) in [5.41, 5.74) is 1.37. The standard InChI is InChI=1S/C27H25BrF2N2O5S/c1-4-8-18-22(25(34)36-5-2)23(16-11-12-20(35-3)17(28)13-16)32-24(33)21(38-27(32)31-18)14-15-9-6-7-10-19(15)37-26(29)30/h6-7,9-14,23,26H,4-5,8H2,1-3H3/b21-14+/t23-/m1/s1. The molecule has 11 heteroatoms. The summed E-state index contributed by atoms with van der Waals surface area (Å²) in [5.74, 6) is -0.0169. The number of benzene rings is 2. The van der Waals surface area contributed by atoms with E-state index >= 15 is 0 Å². The Morgan fingerprint density at radius 3 is 2.63 bits per heavy atom. The first-order chi connectivity index (χ1) is 18.3. The third kappa shape index (κ3) is 5.58. The Morgan fingerprint density at radius 1 is 1.21 bits per heavy atom. The molecule has 0 fully saturated rings. The van der Waals surface area contributed by atoms with Crippen LogP contribution in [0.4, 0.5) is 8.78 Å². The Hall–Kier alpha value is -3.31. The van der Waals surface area contributed by atoms with Gasteiger partial charge in [-0.25, -0.2) is 9.79 Å². The van der Waals surface area contributed by atoms with E-state index in [4.69, 9.17) is 14.5 Å². The molecule has 0 amide bonds. The number of fused-ring (bicyclic) bond motifs is 1. The molecule has 0 bridgehead atoms. The van der Waals surface area contributed by atoms with Crippen LogP contribution >= 0.6 is 27.3 Å². The molecular weight excluding hydrogens is 582 g/mol. The predicted octanol–water partition coefficient (Wildman–Crippen LogP) is 4.95. The number of methoxy groups -OCH3 is 1. The number of aromatic nitrogens is 1. The van der Waals surface area contributed by atoms with Crippen molar-refractivity contribution in [3.05, 3.63) is 89.0 Å². The zero-order chi connectivity index (χ0) is 27.4. The predicted molar refractivity (Wildman–Crippen MR) is 143 cm³/mol. The molecule has 0 saturated heterocycles. The maximum Gasteiger partial charge on any atom is 0.387 e. The molecule has 0 unspecified atom stereocenters. The van der Waals surface area contributed by atoms with Gasteiger partial charge in [0, 0.05) is 5.56 Å². The van der Waals surface area contributed by atoms with Crippen molar-refractivity contribution in [2.75, 3.05) is 13.7 Å². The summed E-state index contributed by atoms with van der Waals surface area (Å²) in [6.07, 6.45) is 2.71. The fraction of sp³-hybridized carbons (Fsp3) is 0.296. The van der Waals surface area contributed by atoms with E-state index < -0.39 is 24.2 Å². The minimum Gasteiger partial charge on any atom is -0.496 e. The Morgan fingerprint density at radius 2 is 1.97 bits per heavy atom. The average Bonchev–Trinajstić information content (AvgIpc) is 3.18. The van der Waals surface area contributed by atoms with Crippen LogP contribution in [0.15, 0.2) is 68.0 Å². The number of carbonyl (C=O) groups excluding carboxylic acids is 1. The zero-order valence-corrected chi connectivity index (χ0v) is 23.3. The van der Waals surface area contributed by atoms with Gasteiger partial charge in [0.1, 0.15) is 11.5 Å². The summed E-state index contributed by atoms with van der Waals surface area (Å²) in [6, 6.07) is 10.7. The second-order valence-electron chi connectivity index (χ2n) is 8.22. The largest absolute Gasteiger partial charge is 0.496 e. The van der Waals surface area contributed by atoms with Gasteiger partial charge in [0.05, 0.1) is 40.0 Å². The minimum absolute atomic E-state index is 0.0529. The fourth-order valence-corrected chi connectivity index (χ4v) is 5.80. The third-order valence-electron chi connectivity index (χ3n) is 5.81. The molecule has 0 saturated carbocycles. The second kappa shape index (κ2) is 12.0. The first kappa shape index (κ1) is 27.7. The number of carbonyl (C=O) groups is 1. The highest BCUT2D eigenvalue weighted by Gasteiger charge is 2.34. The molecule has 0 radical (unpaired) electrons. The zero-order valence-electron chi connectivity index (χ0n) is 20.9. The third-order valence-corrected chi connectivity index (χ3v) is 7.41. The first-order valence-corrected chi connectivity index (χ1v) is 13.5. The number of nitrogens with zero attached hydrogens (tertiary/aromatic N) is 2. The molecule has 0 aliphatic carbocycles. The number of alkyl halides is 2. The van der Waals surface area contributed by atoms with E-state index in [1.165, 1.54) is 16.7 Å². The number of ether oxygens (including phenoxy) is 3. The summed E-state index contributed by atoms with van der Waals surface area (Å²) in [4.78, 5) is 32.2. The van der Waals surface area contributed by atoms with Crippen molar-refractivity contribution in [1.82, 2.24) is 4.57 Å². The molecule has 4 rings (SSSR count). The first-order valence-electron chi connectivity index (χ1n) is 11.9. The van der Waals surface area contributed by atoms with Crippen molar-refractivity contribution in [3.8, 4) is 11.5 Å². The molecule has 1 aliphatic rings. The number of hydrogen-bond donors (Lipinski definition) is 0. The van der Waals surface area contributed by atoms with E-state index in [-0.39, 0.29) is 22.5 Å². The van der Waals surface area contributed by atoms with Gasteiger partial charge in [-0.05, 0) is 59.1 Å². The Labute approximate surface area is 229 Å². The van der Waals surface area contributed by atoms with Crippen molar-refractivity contribution in [3.63, 3.8) is 0 Å². The lowest BCUT2D eigenvalue weighted by Crippen LogP contribution is -2.40. The van der Waals surface area contributed by atoms with Gasteiger partial charge in [-0.3, -0.25) is 9.36 Å². The molecule has 200 valence electrons. The Balaban J connectivity index is 1.99. The number of thiazole rings is 1. The topological polar surface area (TPSA) is 79.1 Å². The summed E-state index contributed by atoms with van der Waals surface area (Å²) in [5, 5.41) is 0. The van der Waals surface area contributed by atoms with Crippen LogP contribution in [0, 0.1) is 0 Å². The fourth-order valence-electron chi connectivity index (χ4n) is 4.23. The van der Waals surface area contributed by atoms with Crippen molar-refractivity contribution < 1.29 is 27.8 Å². The molecule has 1 atom stereocenters. The minimum atomic E-state index is -3.01. The van der Waals surface area contributed by atoms with Crippen LogP contribution in [-0.2, 0) is 9.53 Å². The summed E-state index contributed by atoms with van der Waals surface area (Å²) < 4.78 is 43.6. The quantitative estimate of drug-likeness (QED) is 0.322. The van der Waals surface area contributed by atoms with Crippen LogP contribution in [0.2, 0.25) is 0 Å². The lowest BCUT2D eigenvalue weighted by Gasteiger charge is -2.26. The van der Waals surface area contributed by atoms with Crippen molar-refractivity contribution >= 4 is 39.3 Å². The Kier molecular flexibility index (Phi) is 8.78. The SMILES string of the molecule is CCCC1=C(C(=O)OCC)[C@@H](c2ccc(OC)c(Br)c2)n2c(s/c(=C/c3ccccc3OC(F)F)c2=O)=N1. The summed E-state index contributed by atoms with van der Waals surface area (Å²) in [6.45, 7) is 0.833.